The minimum Gasteiger partial charge on any atom is -0.394 e. The molecule has 126 valence electrons. The van der Waals surface area contributed by atoms with Gasteiger partial charge in [0.25, 0.3) is 0 Å². The number of nitrogens with one attached hydrogen (secondary N) is 2. The highest BCUT2D eigenvalue weighted by molar-refractivity contribution is 5.90. The van der Waals surface area contributed by atoms with Gasteiger partial charge in [-0.05, 0) is 12.8 Å². The predicted octanol–water partition coefficient (Wildman–Crippen LogP) is -4.55. The van der Waals surface area contributed by atoms with Crippen molar-refractivity contribution in [1.82, 2.24) is 10.6 Å². The van der Waals surface area contributed by atoms with E-state index < -0.39 is 36.4 Å². The van der Waals surface area contributed by atoms with Crippen molar-refractivity contribution in [2.75, 3.05) is 19.7 Å². The third kappa shape index (κ3) is 8.71. The zero-order valence-electron chi connectivity index (χ0n) is 12.1. The average molecular weight is 317 g/mol. The number of nitrogens with two attached hydrogens (primary N) is 4. The normalized spacial score (nSPS) is 12.8. The fourth-order valence-corrected chi connectivity index (χ4v) is 1.42. The van der Waals surface area contributed by atoms with Crippen molar-refractivity contribution in [3.8, 4) is 0 Å². The average Bonchev–Trinajstić information content (AvgIpc) is 2.46. The van der Waals surface area contributed by atoms with Gasteiger partial charge in [-0.25, -0.2) is 0 Å². The number of aliphatic hydroxyl groups excluding tert-OH is 1. The molecule has 3 amide bonds. The number of carbonyl (C=O) groups excluding carboxylic acids is 3. The van der Waals surface area contributed by atoms with Crippen molar-refractivity contribution in [1.29, 1.82) is 0 Å². The van der Waals surface area contributed by atoms with Crippen LogP contribution in [-0.2, 0) is 14.4 Å². The van der Waals surface area contributed by atoms with Crippen LogP contribution in [0.15, 0.2) is 4.99 Å². The fraction of sp³-hybridized carbons (Fsp3) is 0.636. The molecule has 0 saturated heterocycles. The first-order valence-electron chi connectivity index (χ1n) is 6.56. The Kier molecular flexibility index (Phi) is 9.22. The van der Waals surface area contributed by atoms with Crippen LogP contribution in [0.2, 0.25) is 0 Å². The Balaban J connectivity index is 4.21. The molecule has 0 aliphatic carbocycles. The van der Waals surface area contributed by atoms with Crippen LogP contribution in [-0.4, -0.2) is 60.6 Å². The van der Waals surface area contributed by atoms with E-state index in [4.69, 9.17) is 28.0 Å². The molecule has 0 aliphatic heterocycles. The molecule has 11 N–H and O–H groups in total. The monoisotopic (exact) mass is 317 g/mol. The largest absolute Gasteiger partial charge is 0.394 e. The number of aliphatic hydroxyl groups is 1. The predicted molar refractivity (Wildman–Crippen MR) is 79.1 cm³/mol. The summed E-state index contributed by atoms with van der Waals surface area (Å²) in [4.78, 5) is 37.9. The van der Waals surface area contributed by atoms with Gasteiger partial charge in [0.05, 0.1) is 13.2 Å². The van der Waals surface area contributed by atoms with Crippen molar-refractivity contribution >= 4 is 23.7 Å². The lowest BCUT2D eigenvalue weighted by Gasteiger charge is -2.16. The van der Waals surface area contributed by atoms with Crippen molar-refractivity contribution in [2.45, 2.75) is 24.9 Å². The summed E-state index contributed by atoms with van der Waals surface area (Å²) in [6.07, 6.45) is 0.690. The molecule has 22 heavy (non-hydrogen) atoms. The van der Waals surface area contributed by atoms with E-state index in [1.165, 1.54) is 0 Å². The van der Waals surface area contributed by atoms with Crippen LogP contribution in [0.3, 0.4) is 0 Å². The van der Waals surface area contributed by atoms with Gasteiger partial charge in [-0.15, -0.1) is 0 Å². The topological polar surface area (TPSA) is 212 Å². The van der Waals surface area contributed by atoms with E-state index in [1.807, 2.05) is 0 Å². The van der Waals surface area contributed by atoms with Crippen LogP contribution in [0.5, 0.6) is 0 Å². The maximum Gasteiger partial charge on any atom is 0.240 e. The summed E-state index contributed by atoms with van der Waals surface area (Å²) in [7, 11) is 0. The number of rotatable bonds is 10. The number of hydrogen-bond acceptors (Lipinski definition) is 6. The molecule has 0 aliphatic rings. The lowest BCUT2D eigenvalue weighted by atomic mass is 10.1. The third-order valence-electron chi connectivity index (χ3n) is 2.58. The van der Waals surface area contributed by atoms with E-state index in [-0.39, 0.29) is 18.9 Å². The van der Waals surface area contributed by atoms with Gasteiger partial charge in [-0.1, -0.05) is 0 Å². The van der Waals surface area contributed by atoms with Crippen LogP contribution in [0.1, 0.15) is 12.8 Å². The summed E-state index contributed by atoms with van der Waals surface area (Å²) < 4.78 is 0. The Labute approximate surface area is 127 Å². The first kappa shape index (κ1) is 19.6. The van der Waals surface area contributed by atoms with Gasteiger partial charge in [-0.2, -0.15) is 0 Å². The Morgan fingerprint density at radius 3 is 2.32 bits per heavy atom. The molecule has 0 aromatic rings. The second-order valence-corrected chi connectivity index (χ2v) is 4.48. The number of hydrogen-bond donors (Lipinski definition) is 7. The Morgan fingerprint density at radius 2 is 1.82 bits per heavy atom. The van der Waals surface area contributed by atoms with Crippen LogP contribution >= 0.6 is 0 Å². The van der Waals surface area contributed by atoms with E-state index in [0.717, 1.165) is 0 Å². The summed E-state index contributed by atoms with van der Waals surface area (Å²) in [6, 6.07) is -2.01. The molecule has 0 heterocycles. The van der Waals surface area contributed by atoms with E-state index in [0.29, 0.717) is 13.0 Å². The summed E-state index contributed by atoms with van der Waals surface area (Å²) in [5.74, 6) is -2.07. The van der Waals surface area contributed by atoms with Gasteiger partial charge in [0.1, 0.15) is 12.1 Å². The summed E-state index contributed by atoms with van der Waals surface area (Å²) in [5.41, 5.74) is 20.7. The van der Waals surface area contributed by atoms with Gasteiger partial charge in [0.2, 0.25) is 17.7 Å². The maximum absolute atomic E-state index is 11.6. The quantitative estimate of drug-likeness (QED) is 0.119. The second-order valence-electron chi connectivity index (χ2n) is 4.48. The van der Waals surface area contributed by atoms with Gasteiger partial charge < -0.3 is 38.7 Å². The number of amides is 3. The highest BCUT2D eigenvalue weighted by atomic mass is 16.3. The Morgan fingerprint density at radius 1 is 1.18 bits per heavy atom. The second kappa shape index (κ2) is 10.3. The minimum absolute atomic E-state index is 0.0670. The zero-order valence-corrected chi connectivity index (χ0v) is 12.1. The first-order chi connectivity index (χ1) is 10.3. The molecule has 2 atom stereocenters. The molecule has 0 spiro atoms. The number of aliphatic imine (C=N–C) groups is 1. The number of guanidine groups is 1. The standard InChI is InChI=1S/C11H23N7O4/c12-6(5-19)10(22)17-4-8(20)18-7(9(13)21)2-1-3-16-11(14)15/h6-7,19H,1-5,12H2,(H2,13,21)(H,17,22)(H,18,20)(H4,14,15,16). The van der Waals surface area contributed by atoms with Crippen molar-refractivity contribution in [3.63, 3.8) is 0 Å². The SMILES string of the molecule is NC(=O)C(CCCN=C(N)N)NC(=O)CNC(=O)C(N)CO. The lowest BCUT2D eigenvalue weighted by molar-refractivity contribution is -0.129. The molecule has 11 nitrogen and oxygen atoms in total. The first-order valence-corrected chi connectivity index (χ1v) is 6.56. The molecule has 0 saturated carbocycles. The van der Waals surface area contributed by atoms with Crippen molar-refractivity contribution < 1.29 is 19.5 Å². The molecule has 0 bridgehead atoms. The number of nitrogens with zero attached hydrogens (tertiary/aromatic N) is 1. The molecule has 0 aromatic heterocycles. The molecule has 0 radical (unpaired) electrons. The molecule has 0 fully saturated rings. The molecule has 0 aromatic carbocycles. The molecular formula is C11H23N7O4. The summed E-state index contributed by atoms with van der Waals surface area (Å²) in [5, 5.41) is 13.3. The van der Waals surface area contributed by atoms with Crippen LogP contribution in [0.4, 0.5) is 0 Å². The van der Waals surface area contributed by atoms with Gasteiger partial charge >= 0.3 is 0 Å². The highest BCUT2D eigenvalue weighted by Gasteiger charge is 2.19. The Hall–Kier alpha value is -2.40. The maximum atomic E-state index is 11.6. The minimum atomic E-state index is -1.11. The molecule has 0 rings (SSSR count). The van der Waals surface area contributed by atoms with Gasteiger partial charge in [0, 0.05) is 6.54 Å². The highest BCUT2D eigenvalue weighted by Crippen LogP contribution is 1.97. The van der Waals surface area contributed by atoms with Gasteiger partial charge in [0.15, 0.2) is 5.96 Å². The lowest BCUT2D eigenvalue weighted by Crippen LogP contribution is -2.50. The Bertz CT molecular complexity index is 423. The zero-order chi connectivity index (χ0) is 17.1. The van der Waals surface area contributed by atoms with Gasteiger partial charge in [-0.3, -0.25) is 19.4 Å². The van der Waals surface area contributed by atoms with Crippen molar-refractivity contribution in [2.24, 2.45) is 27.9 Å². The van der Waals surface area contributed by atoms with Crippen LogP contribution in [0, 0.1) is 0 Å². The van der Waals surface area contributed by atoms with E-state index in [9.17, 15) is 14.4 Å². The number of carbonyl (C=O) groups is 3. The van der Waals surface area contributed by atoms with Crippen LogP contribution in [0.25, 0.3) is 0 Å². The molecular weight excluding hydrogens is 294 g/mol. The van der Waals surface area contributed by atoms with E-state index >= 15 is 0 Å². The number of primary amides is 1. The van der Waals surface area contributed by atoms with Crippen LogP contribution < -0.4 is 33.6 Å². The molecule has 2 unspecified atom stereocenters. The van der Waals surface area contributed by atoms with Crippen molar-refractivity contribution in [3.05, 3.63) is 0 Å². The third-order valence-corrected chi connectivity index (χ3v) is 2.58. The summed E-state index contributed by atoms with van der Waals surface area (Å²) in [6.45, 7) is -0.629. The molecule has 11 heteroatoms. The fourth-order valence-electron chi connectivity index (χ4n) is 1.42. The van der Waals surface area contributed by atoms with E-state index in [1.54, 1.807) is 0 Å². The summed E-state index contributed by atoms with van der Waals surface area (Å²) >= 11 is 0. The van der Waals surface area contributed by atoms with E-state index in [2.05, 4.69) is 15.6 Å². The smallest absolute Gasteiger partial charge is 0.240 e.